The average Bonchev–Trinajstić information content (AvgIpc) is 3.40. The van der Waals surface area contributed by atoms with Crippen LogP contribution in [0.15, 0.2) is 67.0 Å². The van der Waals surface area contributed by atoms with Crippen molar-refractivity contribution in [1.82, 2.24) is 15.3 Å². The number of phenols is 1. The van der Waals surface area contributed by atoms with Crippen molar-refractivity contribution in [2.45, 2.75) is 65.0 Å². The Morgan fingerprint density at radius 2 is 1.61 bits per heavy atom. The minimum absolute atomic E-state index is 0.0821. The molecule has 0 bridgehead atoms. The van der Waals surface area contributed by atoms with Crippen molar-refractivity contribution < 1.29 is 23.8 Å². The van der Waals surface area contributed by atoms with E-state index < -0.39 is 23.4 Å². The lowest BCUT2D eigenvalue weighted by atomic mass is 9.95. The van der Waals surface area contributed by atoms with Gasteiger partial charge in [-0.3, -0.25) is 4.79 Å². The number of hydrogen-bond acceptors (Lipinski definition) is 7. The topological polar surface area (TPSA) is 101 Å². The maximum absolute atomic E-state index is 14.2. The molecule has 0 fully saturated rings. The van der Waals surface area contributed by atoms with Gasteiger partial charge in [0.2, 0.25) is 0 Å². The van der Waals surface area contributed by atoms with E-state index in [1.165, 1.54) is 35.9 Å². The number of amides is 1. The summed E-state index contributed by atoms with van der Waals surface area (Å²) in [6, 6.07) is 14.1. The summed E-state index contributed by atoms with van der Waals surface area (Å²) >= 11 is 1.41. The first kappa shape index (κ1) is 29.9. The summed E-state index contributed by atoms with van der Waals surface area (Å²) in [5, 5.41) is 12.3. The van der Waals surface area contributed by atoms with Gasteiger partial charge in [-0.2, -0.15) is 0 Å². The predicted octanol–water partition coefficient (Wildman–Crippen LogP) is 6.70. The predicted molar refractivity (Wildman–Crippen MR) is 158 cm³/mol. The Balaban J connectivity index is 1.50. The lowest BCUT2D eigenvalue weighted by Gasteiger charge is -2.24. The van der Waals surface area contributed by atoms with Crippen LogP contribution in [-0.4, -0.2) is 38.6 Å². The number of aromatic nitrogens is 2. The molecule has 41 heavy (non-hydrogen) atoms. The smallest absolute Gasteiger partial charge is 0.329 e. The van der Waals surface area contributed by atoms with Crippen molar-refractivity contribution in [3.05, 3.63) is 88.1 Å². The number of thiophene rings is 1. The number of ether oxygens (including phenoxy) is 1. The highest BCUT2D eigenvalue weighted by Crippen LogP contribution is 2.30. The number of carbonyl (C=O) groups is 2. The molecule has 0 spiro atoms. The van der Waals surface area contributed by atoms with Crippen LogP contribution in [0.25, 0.3) is 22.5 Å². The van der Waals surface area contributed by atoms with E-state index in [9.17, 15) is 19.1 Å². The Bertz CT molecular complexity index is 1540. The number of phenolic OH excluding ortho intramolecular Hbond substituents is 1. The Morgan fingerprint density at radius 3 is 2.17 bits per heavy atom. The maximum atomic E-state index is 14.2. The second-order valence-corrected chi connectivity index (χ2v) is 12.9. The van der Waals surface area contributed by atoms with Crippen LogP contribution in [0.5, 0.6) is 5.75 Å². The lowest BCUT2D eigenvalue weighted by Crippen LogP contribution is -2.45. The van der Waals surface area contributed by atoms with Crippen molar-refractivity contribution in [2.24, 2.45) is 0 Å². The molecule has 214 valence electrons. The Hall–Kier alpha value is -4.11. The second kappa shape index (κ2) is 11.8. The molecule has 1 atom stereocenters. The molecule has 0 aliphatic heterocycles. The molecule has 9 heteroatoms. The van der Waals surface area contributed by atoms with E-state index in [-0.39, 0.29) is 29.1 Å². The maximum Gasteiger partial charge on any atom is 0.329 e. The minimum atomic E-state index is -0.886. The summed E-state index contributed by atoms with van der Waals surface area (Å²) in [5.74, 6) is -1.10. The summed E-state index contributed by atoms with van der Waals surface area (Å²) in [6.07, 6.45) is 3.28. The number of aromatic hydroxyl groups is 1. The summed E-state index contributed by atoms with van der Waals surface area (Å²) < 4.78 is 19.8. The van der Waals surface area contributed by atoms with Gasteiger partial charge in [0.1, 0.15) is 23.2 Å². The fourth-order valence-corrected chi connectivity index (χ4v) is 5.01. The number of halogens is 1. The van der Waals surface area contributed by atoms with Crippen LogP contribution in [0.4, 0.5) is 4.39 Å². The first-order chi connectivity index (χ1) is 19.2. The minimum Gasteiger partial charge on any atom is -0.508 e. The van der Waals surface area contributed by atoms with E-state index in [0.29, 0.717) is 16.3 Å². The van der Waals surface area contributed by atoms with Crippen LogP contribution in [0.3, 0.4) is 0 Å². The van der Waals surface area contributed by atoms with E-state index in [1.807, 2.05) is 30.3 Å². The monoisotopic (exact) mass is 575 g/mol. The average molecular weight is 576 g/mol. The van der Waals surface area contributed by atoms with E-state index in [0.717, 1.165) is 22.1 Å². The molecule has 0 unspecified atom stereocenters. The highest BCUT2D eigenvalue weighted by Gasteiger charge is 2.28. The van der Waals surface area contributed by atoms with Crippen LogP contribution in [0.1, 0.15) is 61.7 Å². The third-order valence-corrected chi connectivity index (χ3v) is 7.64. The molecule has 2 aromatic heterocycles. The first-order valence-electron chi connectivity index (χ1n) is 13.2. The molecule has 7 nitrogen and oxygen atoms in total. The molecule has 4 rings (SSSR count). The second-order valence-electron chi connectivity index (χ2n) is 11.8. The summed E-state index contributed by atoms with van der Waals surface area (Å²) in [4.78, 5) is 36.5. The molecule has 2 heterocycles. The zero-order valence-corrected chi connectivity index (χ0v) is 24.8. The number of nitrogens with zero attached hydrogens (tertiary/aromatic N) is 2. The van der Waals surface area contributed by atoms with Crippen LogP contribution in [0.2, 0.25) is 0 Å². The molecular formula is C32H34FN3O4S. The zero-order chi connectivity index (χ0) is 29.9. The van der Waals surface area contributed by atoms with Crippen molar-refractivity contribution in [1.29, 1.82) is 0 Å². The summed E-state index contributed by atoms with van der Waals surface area (Å²) in [7, 11) is 0. The largest absolute Gasteiger partial charge is 0.508 e. The number of nitrogens with one attached hydrogen (secondary N) is 1. The van der Waals surface area contributed by atoms with Crippen LogP contribution >= 0.6 is 11.3 Å². The third kappa shape index (κ3) is 7.76. The summed E-state index contributed by atoms with van der Waals surface area (Å²) in [6.45, 7) is 11.6. The Morgan fingerprint density at radius 1 is 0.951 bits per heavy atom. The first-order valence-corrected chi connectivity index (χ1v) is 14.1. The highest BCUT2D eigenvalue weighted by atomic mass is 32.1. The van der Waals surface area contributed by atoms with Gasteiger partial charge in [0.05, 0.1) is 4.88 Å². The third-order valence-electron chi connectivity index (χ3n) is 6.13. The summed E-state index contributed by atoms with van der Waals surface area (Å²) in [5.41, 5.74) is 1.53. The van der Waals surface area contributed by atoms with Gasteiger partial charge in [0.25, 0.3) is 5.91 Å². The van der Waals surface area contributed by atoms with Gasteiger partial charge in [-0.25, -0.2) is 19.2 Å². The SMILES string of the molecule is CC(C)(C)OC(=O)[C@H](Cc1ccc(-c2ncc(-c3ccc(O)cc3F)cn2)cc1)NC(=O)c1ccc(C(C)(C)C)s1. The van der Waals surface area contributed by atoms with Crippen molar-refractivity contribution in [3.8, 4) is 28.3 Å². The molecule has 0 radical (unpaired) electrons. The molecule has 2 N–H and O–H groups in total. The van der Waals surface area contributed by atoms with E-state index in [4.69, 9.17) is 4.74 Å². The molecule has 0 aliphatic carbocycles. The fourth-order valence-electron chi connectivity index (χ4n) is 4.04. The Kier molecular flexibility index (Phi) is 8.58. The highest BCUT2D eigenvalue weighted by molar-refractivity contribution is 7.14. The number of hydrogen-bond donors (Lipinski definition) is 2. The van der Waals surface area contributed by atoms with Crippen LogP contribution in [0, 0.1) is 5.82 Å². The van der Waals surface area contributed by atoms with Gasteiger partial charge in [-0.05, 0) is 56.0 Å². The molecule has 0 saturated carbocycles. The van der Waals surface area contributed by atoms with Gasteiger partial charge in [-0.1, -0.05) is 45.0 Å². The van der Waals surface area contributed by atoms with Crippen LogP contribution in [-0.2, 0) is 21.4 Å². The van der Waals surface area contributed by atoms with Crippen molar-refractivity contribution in [3.63, 3.8) is 0 Å². The fraction of sp³-hybridized carbons (Fsp3) is 0.312. The van der Waals surface area contributed by atoms with Gasteiger partial charge >= 0.3 is 5.97 Å². The molecule has 0 aliphatic rings. The number of carbonyl (C=O) groups excluding carboxylic acids is 2. The van der Waals surface area contributed by atoms with Gasteiger partial charge in [-0.15, -0.1) is 11.3 Å². The standard InChI is InChI=1S/C32H34FN3O4S/c1-31(2,3)27-14-13-26(41-27)29(38)36-25(30(39)40-32(4,5)6)15-19-7-9-20(10-8-19)28-34-17-21(18-35-28)23-12-11-22(37)16-24(23)33/h7-14,16-18,25,37H,15H2,1-6H3,(H,36,38)/t25-/m0/s1. The quantitative estimate of drug-likeness (QED) is 0.238. The van der Waals surface area contributed by atoms with Gasteiger partial charge in [0, 0.05) is 46.4 Å². The van der Waals surface area contributed by atoms with Gasteiger partial charge < -0.3 is 15.2 Å². The van der Waals surface area contributed by atoms with Crippen molar-refractivity contribution >= 4 is 23.2 Å². The molecule has 2 aromatic carbocycles. The molecule has 1 amide bonds. The number of esters is 1. The molecular weight excluding hydrogens is 541 g/mol. The van der Waals surface area contributed by atoms with Crippen molar-refractivity contribution in [2.75, 3.05) is 0 Å². The van der Waals surface area contributed by atoms with E-state index in [2.05, 4.69) is 36.1 Å². The zero-order valence-electron chi connectivity index (χ0n) is 24.0. The Labute approximate surface area is 243 Å². The van der Waals surface area contributed by atoms with Crippen LogP contribution < -0.4 is 5.32 Å². The normalized spacial score (nSPS) is 12.6. The number of benzene rings is 2. The van der Waals surface area contributed by atoms with Gasteiger partial charge in [0.15, 0.2) is 5.82 Å². The number of rotatable bonds is 7. The van der Waals surface area contributed by atoms with E-state index in [1.54, 1.807) is 26.8 Å². The molecule has 4 aromatic rings. The lowest BCUT2D eigenvalue weighted by molar-refractivity contribution is -0.157. The van der Waals surface area contributed by atoms with E-state index >= 15 is 0 Å². The molecule has 0 saturated heterocycles.